The monoisotopic (exact) mass is 308 g/mol. The van der Waals surface area contributed by atoms with Gasteiger partial charge in [0.05, 0.1) is 11.3 Å². The Morgan fingerprint density at radius 2 is 2.29 bits per heavy atom. The van der Waals surface area contributed by atoms with Crippen LogP contribution in [0.2, 0.25) is 0 Å². The van der Waals surface area contributed by atoms with Gasteiger partial charge in [-0.15, -0.1) is 0 Å². The molecule has 0 bridgehead atoms. The van der Waals surface area contributed by atoms with Crippen LogP contribution >= 0.6 is 11.5 Å². The normalized spacial score (nSPS) is 26.1. The van der Waals surface area contributed by atoms with Gasteiger partial charge in [0.15, 0.2) is 0 Å². The van der Waals surface area contributed by atoms with Crippen LogP contribution in [0.15, 0.2) is 4.52 Å². The fourth-order valence-electron chi connectivity index (χ4n) is 3.14. The van der Waals surface area contributed by atoms with Gasteiger partial charge in [0.2, 0.25) is 5.82 Å². The first-order chi connectivity index (χ1) is 10.1. The topological polar surface area (TPSA) is 87.1 Å². The molecular weight excluding hydrogens is 288 g/mol. The molecule has 0 aliphatic heterocycles. The van der Waals surface area contributed by atoms with Crippen LogP contribution in [-0.4, -0.2) is 21.6 Å². The number of anilines is 1. The van der Waals surface area contributed by atoms with Gasteiger partial charge in [-0.3, -0.25) is 0 Å². The highest BCUT2D eigenvalue weighted by Crippen LogP contribution is 2.42. The molecule has 2 atom stereocenters. The van der Waals surface area contributed by atoms with Crippen LogP contribution in [-0.2, 0) is 10.3 Å². The van der Waals surface area contributed by atoms with Gasteiger partial charge in [-0.2, -0.15) is 9.36 Å². The minimum absolute atomic E-state index is 0.434. The van der Waals surface area contributed by atoms with Crippen molar-refractivity contribution in [2.75, 3.05) is 12.8 Å². The maximum atomic E-state index is 5.95. The van der Waals surface area contributed by atoms with Crippen molar-refractivity contribution in [1.82, 2.24) is 14.5 Å². The predicted molar refractivity (Wildman–Crippen MR) is 80.9 cm³/mol. The summed E-state index contributed by atoms with van der Waals surface area (Å²) in [6.45, 7) is 4.12. The molecule has 2 unspecified atom stereocenters. The third-order valence-corrected chi connectivity index (χ3v) is 5.05. The molecule has 0 amide bonds. The quantitative estimate of drug-likeness (QED) is 0.937. The Bertz CT molecular complexity index is 619. The lowest BCUT2D eigenvalue weighted by Gasteiger charge is -2.36. The number of ether oxygens (including phenoxy) is 1. The van der Waals surface area contributed by atoms with Crippen LogP contribution in [0.3, 0.4) is 0 Å². The number of hydrogen-bond donors (Lipinski definition) is 1. The van der Waals surface area contributed by atoms with E-state index in [1.165, 1.54) is 18.0 Å². The van der Waals surface area contributed by atoms with E-state index in [0.717, 1.165) is 30.5 Å². The Morgan fingerprint density at radius 3 is 2.90 bits per heavy atom. The van der Waals surface area contributed by atoms with Crippen molar-refractivity contribution in [3.8, 4) is 11.5 Å². The zero-order chi connectivity index (χ0) is 15.0. The van der Waals surface area contributed by atoms with E-state index in [4.69, 9.17) is 15.0 Å². The van der Waals surface area contributed by atoms with Crippen molar-refractivity contribution >= 4 is 16.5 Å². The van der Waals surface area contributed by atoms with E-state index in [0.29, 0.717) is 22.6 Å². The third-order valence-electron chi connectivity index (χ3n) is 4.28. The third kappa shape index (κ3) is 2.44. The first-order valence-electron chi connectivity index (χ1n) is 7.17. The molecule has 21 heavy (non-hydrogen) atoms. The maximum absolute atomic E-state index is 5.95. The average Bonchev–Trinajstić information content (AvgIpc) is 3.06. The van der Waals surface area contributed by atoms with Crippen molar-refractivity contribution in [1.29, 1.82) is 0 Å². The lowest BCUT2D eigenvalue weighted by molar-refractivity contribution is -0.0658. The molecule has 2 heterocycles. The summed E-state index contributed by atoms with van der Waals surface area (Å²) in [6, 6.07) is 0. The largest absolute Gasteiger partial charge is 0.389 e. The number of methoxy groups -OCH3 is 1. The standard InChI is InChI=1S/C14H20N4O2S/c1-8-5-4-6-14(7-8,19-3)13-16-12(20-17-13)10-9(2)18-21-11(10)15/h8H,4-7,15H2,1-3H3. The van der Waals surface area contributed by atoms with Crippen LogP contribution in [0.5, 0.6) is 0 Å². The van der Waals surface area contributed by atoms with Gasteiger partial charge in [0.1, 0.15) is 10.6 Å². The zero-order valence-corrected chi connectivity index (χ0v) is 13.4. The van der Waals surface area contributed by atoms with Crippen LogP contribution in [0.1, 0.15) is 44.1 Å². The number of nitrogens with zero attached hydrogens (tertiary/aromatic N) is 3. The molecule has 2 aromatic heterocycles. The predicted octanol–water partition coefficient (Wildman–Crippen LogP) is 3.14. The summed E-state index contributed by atoms with van der Waals surface area (Å²) in [5.41, 5.74) is 7.07. The van der Waals surface area contributed by atoms with Gasteiger partial charge in [-0.25, -0.2) is 0 Å². The Balaban J connectivity index is 1.97. The van der Waals surface area contributed by atoms with Crippen molar-refractivity contribution in [3.05, 3.63) is 11.5 Å². The van der Waals surface area contributed by atoms with E-state index in [9.17, 15) is 0 Å². The molecule has 1 aliphatic carbocycles. The highest BCUT2D eigenvalue weighted by Gasteiger charge is 2.41. The summed E-state index contributed by atoms with van der Waals surface area (Å²) in [4.78, 5) is 4.56. The van der Waals surface area contributed by atoms with E-state index in [2.05, 4.69) is 21.4 Å². The summed E-state index contributed by atoms with van der Waals surface area (Å²) < 4.78 is 15.5. The summed E-state index contributed by atoms with van der Waals surface area (Å²) in [7, 11) is 1.72. The SMILES string of the molecule is COC1(c2noc(-c3c(C)nsc3N)n2)CCCC(C)C1. The van der Waals surface area contributed by atoms with Crippen molar-refractivity contribution in [2.24, 2.45) is 5.92 Å². The Morgan fingerprint density at radius 1 is 1.48 bits per heavy atom. The second kappa shape index (κ2) is 5.38. The maximum Gasteiger partial charge on any atom is 0.262 e. The molecule has 0 radical (unpaired) electrons. The number of hydrogen-bond acceptors (Lipinski definition) is 7. The molecule has 1 fully saturated rings. The second-order valence-electron chi connectivity index (χ2n) is 5.83. The van der Waals surface area contributed by atoms with Crippen LogP contribution < -0.4 is 5.73 Å². The smallest absolute Gasteiger partial charge is 0.262 e. The summed E-state index contributed by atoms with van der Waals surface area (Å²) in [5.74, 6) is 1.65. The minimum atomic E-state index is -0.439. The molecule has 0 spiro atoms. The fraction of sp³-hybridized carbons (Fsp3) is 0.643. The first kappa shape index (κ1) is 14.5. The average molecular weight is 308 g/mol. The lowest BCUT2D eigenvalue weighted by Crippen LogP contribution is -2.35. The lowest BCUT2D eigenvalue weighted by atomic mass is 9.78. The number of nitrogen functional groups attached to an aromatic ring is 1. The Kier molecular flexibility index (Phi) is 3.71. The molecule has 1 aliphatic rings. The van der Waals surface area contributed by atoms with Gasteiger partial charge in [0, 0.05) is 7.11 Å². The highest BCUT2D eigenvalue weighted by atomic mass is 32.1. The van der Waals surface area contributed by atoms with Gasteiger partial charge in [0.25, 0.3) is 5.89 Å². The molecule has 114 valence electrons. The molecule has 2 N–H and O–H groups in total. The Labute approximate surface area is 127 Å². The van der Waals surface area contributed by atoms with Gasteiger partial charge in [-0.1, -0.05) is 18.5 Å². The van der Waals surface area contributed by atoms with Crippen molar-refractivity contribution < 1.29 is 9.26 Å². The number of nitrogens with two attached hydrogens (primary N) is 1. The summed E-state index contributed by atoms with van der Waals surface area (Å²) in [5, 5.41) is 4.77. The number of rotatable bonds is 3. The van der Waals surface area contributed by atoms with Crippen LogP contribution in [0.4, 0.5) is 5.00 Å². The highest BCUT2D eigenvalue weighted by molar-refractivity contribution is 7.10. The summed E-state index contributed by atoms with van der Waals surface area (Å²) >= 11 is 1.24. The summed E-state index contributed by atoms with van der Waals surface area (Å²) in [6.07, 6.45) is 4.17. The molecule has 7 heteroatoms. The first-order valence-corrected chi connectivity index (χ1v) is 7.94. The van der Waals surface area contributed by atoms with Gasteiger partial charge in [-0.05, 0) is 43.6 Å². The molecule has 6 nitrogen and oxygen atoms in total. The Hall–Kier alpha value is -1.47. The van der Waals surface area contributed by atoms with Crippen molar-refractivity contribution in [3.63, 3.8) is 0 Å². The molecule has 1 saturated carbocycles. The number of aryl methyl sites for hydroxylation is 1. The van der Waals surface area contributed by atoms with Gasteiger partial charge >= 0.3 is 0 Å². The van der Waals surface area contributed by atoms with E-state index < -0.39 is 5.60 Å². The molecule has 0 saturated heterocycles. The van der Waals surface area contributed by atoms with Crippen LogP contribution in [0, 0.1) is 12.8 Å². The van der Waals surface area contributed by atoms with E-state index in [1.807, 2.05) is 6.92 Å². The van der Waals surface area contributed by atoms with Gasteiger partial charge < -0.3 is 15.0 Å². The van der Waals surface area contributed by atoms with E-state index in [1.54, 1.807) is 7.11 Å². The molecular formula is C14H20N4O2S. The number of aromatic nitrogens is 3. The fourth-order valence-corrected chi connectivity index (χ4v) is 3.79. The molecule has 3 rings (SSSR count). The minimum Gasteiger partial charge on any atom is -0.389 e. The van der Waals surface area contributed by atoms with Crippen molar-refractivity contribution in [2.45, 2.75) is 45.1 Å². The second-order valence-corrected chi connectivity index (χ2v) is 6.64. The van der Waals surface area contributed by atoms with E-state index >= 15 is 0 Å². The van der Waals surface area contributed by atoms with E-state index in [-0.39, 0.29) is 0 Å². The zero-order valence-electron chi connectivity index (χ0n) is 12.5. The molecule has 0 aromatic carbocycles. The molecule has 2 aromatic rings. The van der Waals surface area contributed by atoms with Crippen LogP contribution in [0.25, 0.3) is 11.5 Å².